The minimum atomic E-state index is -1.39. The van der Waals surface area contributed by atoms with E-state index in [1.54, 1.807) is 0 Å². The average Bonchev–Trinajstić information content (AvgIpc) is 2.23. The SMILES string of the molecule is O=C(O)c1[nH]c(=O)c2ncccc2c1O. The van der Waals surface area contributed by atoms with Crippen LogP contribution < -0.4 is 5.56 Å². The summed E-state index contributed by atoms with van der Waals surface area (Å²) in [6.45, 7) is 0. The highest BCUT2D eigenvalue weighted by Gasteiger charge is 2.15. The predicted molar refractivity (Wildman–Crippen MR) is 51.0 cm³/mol. The molecule has 0 saturated heterocycles. The minimum absolute atomic E-state index is 0.0139. The molecule has 0 aliphatic rings. The maximum Gasteiger partial charge on any atom is 0.356 e. The van der Waals surface area contributed by atoms with Crippen molar-refractivity contribution >= 4 is 16.9 Å². The fourth-order valence-corrected chi connectivity index (χ4v) is 1.30. The Balaban J connectivity index is 2.97. The molecular weight excluding hydrogens is 200 g/mol. The summed E-state index contributed by atoms with van der Waals surface area (Å²) < 4.78 is 0. The number of H-pyrrole nitrogens is 1. The molecule has 0 atom stereocenters. The van der Waals surface area contributed by atoms with Crippen LogP contribution in [0.3, 0.4) is 0 Å². The van der Waals surface area contributed by atoms with Crippen LogP contribution in [0.5, 0.6) is 5.75 Å². The zero-order valence-electron chi connectivity index (χ0n) is 7.39. The molecule has 2 aromatic rings. The van der Waals surface area contributed by atoms with E-state index >= 15 is 0 Å². The smallest absolute Gasteiger partial charge is 0.356 e. The van der Waals surface area contributed by atoms with Gasteiger partial charge in [-0.05, 0) is 12.1 Å². The first-order chi connectivity index (χ1) is 7.11. The minimum Gasteiger partial charge on any atom is -0.505 e. The number of rotatable bonds is 1. The molecule has 0 aliphatic heterocycles. The highest BCUT2D eigenvalue weighted by molar-refractivity contribution is 5.96. The Morgan fingerprint density at radius 1 is 1.47 bits per heavy atom. The van der Waals surface area contributed by atoms with Gasteiger partial charge in [0, 0.05) is 6.20 Å². The molecule has 0 aromatic carbocycles. The van der Waals surface area contributed by atoms with E-state index in [1.807, 2.05) is 0 Å². The number of aromatic carboxylic acids is 1. The fraction of sp³-hybridized carbons (Fsp3) is 0. The van der Waals surface area contributed by atoms with Crippen molar-refractivity contribution in [2.75, 3.05) is 0 Å². The van der Waals surface area contributed by atoms with E-state index in [9.17, 15) is 14.7 Å². The van der Waals surface area contributed by atoms with Gasteiger partial charge in [-0.1, -0.05) is 0 Å². The Labute approximate surface area is 82.8 Å². The van der Waals surface area contributed by atoms with Gasteiger partial charge in [-0.25, -0.2) is 4.79 Å². The third-order valence-electron chi connectivity index (χ3n) is 1.97. The number of hydrogen-bond acceptors (Lipinski definition) is 4. The monoisotopic (exact) mass is 206 g/mol. The largest absolute Gasteiger partial charge is 0.505 e. The first-order valence-corrected chi connectivity index (χ1v) is 4.04. The van der Waals surface area contributed by atoms with Crippen molar-refractivity contribution in [2.24, 2.45) is 0 Å². The van der Waals surface area contributed by atoms with E-state index in [0.717, 1.165) is 0 Å². The van der Waals surface area contributed by atoms with Crippen LogP contribution in [0.15, 0.2) is 23.1 Å². The molecule has 0 spiro atoms. The molecule has 15 heavy (non-hydrogen) atoms. The van der Waals surface area contributed by atoms with Gasteiger partial charge >= 0.3 is 5.97 Å². The standard InChI is InChI=1S/C9H6N2O4/c12-7-4-2-1-3-10-5(4)8(13)11-6(7)9(14)15/h1-3,12H,(H,11,13)(H,14,15). The summed E-state index contributed by atoms with van der Waals surface area (Å²) in [5, 5.41) is 18.4. The van der Waals surface area contributed by atoms with Crippen molar-refractivity contribution in [2.45, 2.75) is 0 Å². The number of nitrogens with zero attached hydrogens (tertiary/aromatic N) is 1. The molecule has 2 rings (SSSR count). The van der Waals surface area contributed by atoms with E-state index in [4.69, 9.17) is 5.11 Å². The number of nitrogens with one attached hydrogen (secondary N) is 1. The molecule has 0 unspecified atom stereocenters. The number of fused-ring (bicyclic) bond motifs is 1. The molecule has 6 heteroatoms. The number of pyridine rings is 2. The first-order valence-electron chi connectivity index (χ1n) is 4.04. The van der Waals surface area contributed by atoms with Crippen LogP contribution in [0, 0.1) is 0 Å². The summed E-state index contributed by atoms with van der Waals surface area (Å²) >= 11 is 0. The molecule has 76 valence electrons. The van der Waals surface area contributed by atoms with Gasteiger partial charge in [0.15, 0.2) is 11.4 Å². The van der Waals surface area contributed by atoms with Gasteiger partial charge in [0.05, 0.1) is 5.39 Å². The third-order valence-corrected chi connectivity index (χ3v) is 1.97. The molecule has 0 bridgehead atoms. The average molecular weight is 206 g/mol. The van der Waals surface area contributed by atoms with Crippen LogP contribution in [0.25, 0.3) is 10.9 Å². The molecule has 2 heterocycles. The fourth-order valence-electron chi connectivity index (χ4n) is 1.30. The van der Waals surface area contributed by atoms with E-state index in [-0.39, 0.29) is 10.9 Å². The van der Waals surface area contributed by atoms with Gasteiger partial charge in [-0.15, -0.1) is 0 Å². The lowest BCUT2D eigenvalue weighted by atomic mass is 10.2. The number of carboxylic acids is 1. The molecule has 0 saturated carbocycles. The second-order valence-corrected chi connectivity index (χ2v) is 2.88. The van der Waals surface area contributed by atoms with Gasteiger partial charge in [0.25, 0.3) is 5.56 Å². The van der Waals surface area contributed by atoms with Crippen LogP contribution >= 0.6 is 0 Å². The van der Waals surface area contributed by atoms with E-state index < -0.39 is 23.0 Å². The van der Waals surface area contributed by atoms with Crippen LogP contribution in [0.2, 0.25) is 0 Å². The van der Waals surface area contributed by atoms with Crippen molar-refractivity contribution in [3.8, 4) is 5.75 Å². The summed E-state index contributed by atoms with van der Waals surface area (Å²) in [6.07, 6.45) is 1.39. The normalized spacial score (nSPS) is 10.4. The topological polar surface area (TPSA) is 103 Å². The molecular formula is C9H6N2O4. The quantitative estimate of drug-likeness (QED) is 0.623. The number of aromatic hydroxyl groups is 1. The Morgan fingerprint density at radius 3 is 2.87 bits per heavy atom. The zero-order chi connectivity index (χ0) is 11.0. The van der Waals surface area contributed by atoms with Crippen molar-refractivity contribution in [3.63, 3.8) is 0 Å². The van der Waals surface area contributed by atoms with Gasteiger partial charge in [-0.2, -0.15) is 0 Å². The van der Waals surface area contributed by atoms with Gasteiger partial charge in [-0.3, -0.25) is 9.78 Å². The number of carbonyl (C=O) groups is 1. The van der Waals surface area contributed by atoms with Crippen LogP contribution in [-0.4, -0.2) is 26.2 Å². The van der Waals surface area contributed by atoms with Gasteiger partial charge in [0.1, 0.15) is 5.52 Å². The zero-order valence-corrected chi connectivity index (χ0v) is 7.39. The summed E-state index contributed by atoms with van der Waals surface area (Å²) in [7, 11) is 0. The second kappa shape index (κ2) is 3.09. The van der Waals surface area contributed by atoms with Crippen molar-refractivity contribution in [1.29, 1.82) is 0 Å². The van der Waals surface area contributed by atoms with Crippen molar-refractivity contribution in [3.05, 3.63) is 34.4 Å². The van der Waals surface area contributed by atoms with E-state index in [0.29, 0.717) is 0 Å². The third kappa shape index (κ3) is 1.32. The predicted octanol–water partition coefficient (Wildman–Crippen LogP) is 0.327. The van der Waals surface area contributed by atoms with Gasteiger partial charge in [0.2, 0.25) is 0 Å². The van der Waals surface area contributed by atoms with E-state index in [2.05, 4.69) is 9.97 Å². The maximum atomic E-state index is 11.4. The summed E-state index contributed by atoms with van der Waals surface area (Å²) in [5.74, 6) is -1.87. The highest BCUT2D eigenvalue weighted by Crippen LogP contribution is 2.22. The lowest BCUT2D eigenvalue weighted by molar-refractivity contribution is 0.0687. The highest BCUT2D eigenvalue weighted by atomic mass is 16.4. The summed E-state index contributed by atoms with van der Waals surface area (Å²) in [6, 6.07) is 2.94. The first kappa shape index (κ1) is 9.20. The Hall–Kier alpha value is -2.37. The van der Waals surface area contributed by atoms with Crippen molar-refractivity contribution < 1.29 is 15.0 Å². The Kier molecular flexibility index (Phi) is 1.89. The molecule has 0 fully saturated rings. The van der Waals surface area contributed by atoms with Crippen LogP contribution in [-0.2, 0) is 0 Å². The van der Waals surface area contributed by atoms with Crippen LogP contribution in [0.1, 0.15) is 10.5 Å². The molecule has 3 N–H and O–H groups in total. The lowest BCUT2D eigenvalue weighted by Gasteiger charge is -2.02. The molecule has 0 aliphatic carbocycles. The Bertz CT molecular complexity index is 603. The second-order valence-electron chi connectivity index (χ2n) is 2.88. The van der Waals surface area contributed by atoms with Gasteiger partial charge < -0.3 is 15.2 Å². The number of aromatic amines is 1. The number of aromatic nitrogens is 2. The molecule has 6 nitrogen and oxygen atoms in total. The summed E-state index contributed by atoms with van der Waals surface area (Å²) in [5.41, 5.74) is -1.15. The lowest BCUT2D eigenvalue weighted by Crippen LogP contribution is -2.14. The van der Waals surface area contributed by atoms with Crippen LogP contribution in [0.4, 0.5) is 0 Å². The van der Waals surface area contributed by atoms with Crippen molar-refractivity contribution in [1.82, 2.24) is 9.97 Å². The molecule has 0 amide bonds. The maximum absolute atomic E-state index is 11.4. The number of hydrogen-bond donors (Lipinski definition) is 3. The Morgan fingerprint density at radius 2 is 2.20 bits per heavy atom. The number of carboxylic acid groups (broad SMARTS) is 1. The van der Waals surface area contributed by atoms with E-state index in [1.165, 1.54) is 18.3 Å². The molecule has 0 radical (unpaired) electrons. The molecule has 2 aromatic heterocycles. The summed E-state index contributed by atoms with van der Waals surface area (Å²) in [4.78, 5) is 27.8.